The van der Waals surface area contributed by atoms with E-state index in [1.54, 1.807) is 12.1 Å². The summed E-state index contributed by atoms with van der Waals surface area (Å²) in [5, 5.41) is 3.47. The van der Waals surface area contributed by atoms with Crippen molar-refractivity contribution in [3.05, 3.63) is 47.1 Å². The smallest absolute Gasteiger partial charge is 0.226 e. The predicted octanol–water partition coefficient (Wildman–Crippen LogP) is 4.55. The van der Waals surface area contributed by atoms with Gasteiger partial charge in [-0.2, -0.15) is 0 Å². The second-order valence-electron chi connectivity index (χ2n) is 5.45. The van der Waals surface area contributed by atoms with Gasteiger partial charge in [0.05, 0.1) is 5.69 Å². The van der Waals surface area contributed by atoms with Crippen molar-refractivity contribution in [2.45, 2.75) is 26.2 Å². The second-order valence-corrected chi connectivity index (χ2v) is 6.65. The number of nitrogens with one attached hydrogen (secondary N) is 1. The Hall–Kier alpha value is -2.01. The molecule has 0 unspecified atom stereocenters. The molecule has 1 aliphatic rings. The Kier molecular flexibility index (Phi) is 4.34. The topological polar surface area (TPSA) is 42.0 Å². The highest BCUT2D eigenvalue weighted by Gasteiger charge is 2.16. The number of nitrogens with zero attached hydrogens (tertiary/aromatic N) is 1. The number of amides is 1. The highest BCUT2D eigenvalue weighted by Crippen LogP contribution is 2.31. The molecule has 1 aromatic heterocycles. The molecule has 5 heteroatoms. The van der Waals surface area contributed by atoms with Crippen LogP contribution in [-0.2, 0) is 4.79 Å². The molecule has 0 fully saturated rings. The van der Waals surface area contributed by atoms with Crippen LogP contribution in [0, 0.1) is 18.7 Å². The predicted molar refractivity (Wildman–Crippen MR) is 87.4 cm³/mol. The standard InChI is InChI=1S/C17H17FN2OS/c1-11-16(13-6-8-14(18)9-7-13)20-17(22-11)19-15(21)10-12-4-2-3-5-12/h2,4,6-9,12H,3,5,10H2,1H3,(H,19,20,21)/t12-/m0/s1. The Labute approximate surface area is 132 Å². The Morgan fingerprint density at radius 2 is 2.18 bits per heavy atom. The third-order valence-electron chi connectivity index (χ3n) is 3.72. The number of anilines is 1. The average molecular weight is 316 g/mol. The first-order valence-electron chi connectivity index (χ1n) is 7.31. The summed E-state index contributed by atoms with van der Waals surface area (Å²) in [5.74, 6) is 0.0726. The molecule has 0 radical (unpaired) electrons. The molecule has 1 atom stereocenters. The highest BCUT2D eigenvalue weighted by molar-refractivity contribution is 7.16. The zero-order chi connectivity index (χ0) is 15.5. The molecule has 0 bridgehead atoms. The van der Waals surface area contributed by atoms with Crippen LogP contribution in [-0.4, -0.2) is 10.9 Å². The average Bonchev–Trinajstić information content (AvgIpc) is 3.10. The lowest BCUT2D eigenvalue weighted by Crippen LogP contribution is -2.14. The van der Waals surface area contributed by atoms with E-state index in [2.05, 4.69) is 22.5 Å². The van der Waals surface area contributed by atoms with Gasteiger partial charge in [-0.3, -0.25) is 4.79 Å². The van der Waals surface area contributed by atoms with E-state index >= 15 is 0 Å². The molecule has 1 N–H and O–H groups in total. The van der Waals surface area contributed by atoms with Crippen molar-refractivity contribution in [3.8, 4) is 11.3 Å². The van der Waals surface area contributed by atoms with Crippen LogP contribution in [0.5, 0.6) is 0 Å². The Balaban J connectivity index is 1.70. The first kappa shape index (κ1) is 14.9. The molecule has 114 valence electrons. The summed E-state index contributed by atoms with van der Waals surface area (Å²) in [6.07, 6.45) is 6.84. The van der Waals surface area contributed by atoms with Gasteiger partial charge in [0, 0.05) is 16.9 Å². The van der Waals surface area contributed by atoms with Crippen molar-refractivity contribution in [1.82, 2.24) is 4.98 Å². The molecular weight excluding hydrogens is 299 g/mol. The van der Waals surface area contributed by atoms with E-state index < -0.39 is 0 Å². The number of hydrogen-bond acceptors (Lipinski definition) is 3. The van der Waals surface area contributed by atoms with Crippen molar-refractivity contribution < 1.29 is 9.18 Å². The minimum atomic E-state index is -0.269. The number of allylic oxidation sites excluding steroid dienone is 2. The van der Waals surface area contributed by atoms with Crippen LogP contribution in [0.2, 0.25) is 0 Å². The number of halogens is 1. The Bertz CT molecular complexity index is 706. The van der Waals surface area contributed by atoms with Crippen LogP contribution in [0.15, 0.2) is 36.4 Å². The van der Waals surface area contributed by atoms with E-state index in [4.69, 9.17) is 0 Å². The van der Waals surface area contributed by atoms with E-state index in [1.807, 2.05) is 6.92 Å². The number of aromatic nitrogens is 1. The molecule has 1 heterocycles. The van der Waals surface area contributed by atoms with Gasteiger partial charge in [-0.1, -0.05) is 12.2 Å². The minimum Gasteiger partial charge on any atom is -0.302 e. The lowest BCUT2D eigenvalue weighted by molar-refractivity contribution is -0.116. The number of rotatable bonds is 4. The van der Waals surface area contributed by atoms with Crippen LogP contribution in [0.3, 0.4) is 0 Å². The van der Waals surface area contributed by atoms with Crippen LogP contribution in [0.25, 0.3) is 11.3 Å². The number of thiazole rings is 1. The lowest BCUT2D eigenvalue weighted by atomic mass is 10.1. The number of benzene rings is 1. The molecule has 1 aliphatic carbocycles. The summed E-state index contributed by atoms with van der Waals surface area (Å²) < 4.78 is 13.0. The fourth-order valence-electron chi connectivity index (χ4n) is 2.60. The quantitative estimate of drug-likeness (QED) is 0.841. The van der Waals surface area contributed by atoms with E-state index in [9.17, 15) is 9.18 Å². The fourth-order valence-corrected chi connectivity index (χ4v) is 3.45. The SMILES string of the molecule is Cc1sc(NC(=O)C[C@H]2C=CCC2)nc1-c1ccc(F)cc1. The van der Waals surface area contributed by atoms with E-state index in [0.29, 0.717) is 17.5 Å². The summed E-state index contributed by atoms with van der Waals surface area (Å²) in [5.41, 5.74) is 1.65. The molecule has 3 nitrogen and oxygen atoms in total. The van der Waals surface area contributed by atoms with E-state index in [0.717, 1.165) is 29.0 Å². The monoisotopic (exact) mass is 316 g/mol. The normalized spacial score (nSPS) is 16.9. The van der Waals surface area contributed by atoms with Crippen LogP contribution >= 0.6 is 11.3 Å². The molecule has 0 saturated heterocycles. The molecule has 2 aromatic rings. The molecule has 3 rings (SSSR count). The molecular formula is C17H17FN2OS. The summed E-state index contributed by atoms with van der Waals surface area (Å²) in [6, 6.07) is 6.23. The van der Waals surface area contributed by atoms with Crippen molar-refractivity contribution in [1.29, 1.82) is 0 Å². The Morgan fingerprint density at radius 3 is 2.86 bits per heavy atom. The number of hydrogen-bond donors (Lipinski definition) is 1. The van der Waals surface area contributed by atoms with Gasteiger partial charge in [0.15, 0.2) is 5.13 Å². The lowest BCUT2D eigenvalue weighted by Gasteiger charge is -2.06. The molecule has 0 aliphatic heterocycles. The van der Waals surface area contributed by atoms with Crippen molar-refractivity contribution in [2.24, 2.45) is 5.92 Å². The zero-order valence-electron chi connectivity index (χ0n) is 12.3. The van der Waals surface area contributed by atoms with Gasteiger partial charge in [0.25, 0.3) is 0 Å². The zero-order valence-corrected chi connectivity index (χ0v) is 13.1. The van der Waals surface area contributed by atoms with Crippen molar-refractivity contribution >= 4 is 22.4 Å². The molecule has 1 aromatic carbocycles. The largest absolute Gasteiger partial charge is 0.302 e. The molecule has 1 amide bonds. The summed E-state index contributed by atoms with van der Waals surface area (Å²) in [7, 11) is 0. The van der Waals surface area contributed by atoms with Gasteiger partial charge in [0.2, 0.25) is 5.91 Å². The van der Waals surface area contributed by atoms with Crippen LogP contribution in [0.1, 0.15) is 24.1 Å². The van der Waals surface area contributed by atoms with Crippen LogP contribution in [0.4, 0.5) is 9.52 Å². The third kappa shape index (κ3) is 3.42. The number of carbonyl (C=O) groups is 1. The van der Waals surface area contributed by atoms with Gasteiger partial charge in [-0.25, -0.2) is 9.37 Å². The van der Waals surface area contributed by atoms with E-state index in [1.165, 1.54) is 23.5 Å². The Morgan fingerprint density at radius 1 is 1.41 bits per heavy atom. The van der Waals surface area contributed by atoms with Gasteiger partial charge < -0.3 is 5.32 Å². The number of carbonyl (C=O) groups excluding carboxylic acids is 1. The minimum absolute atomic E-state index is 0.00374. The van der Waals surface area contributed by atoms with E-state index in [-0.39, 0.29) is 11.7 Å². The van der Waals surface area contributed by atoms with Crippen LogP contribution < -0.4 is 5.32 Å². The molecule has 22 heavy (non-hydrogen) atoms. The molecule has 0 spiro atoms. The van der Waals surface area contributed by atoms with Gasteiger partial charge in [-0.05, 0) is 49.9 Å². The first-order chi connectivity index (χ1) is 10.6. The summed E-state index contributed by atoms with van der Waals surface area (Å²) >= 11 is 1.44. The summed E-state index contributed by atoms with van der Waals surface area (Å²) in [4.78, 5) is 17.5. The van der Waals surface area contributed by atoms with Crippen molar-refractivity contribution in [2.75, 3.05) is 5.32 Å². The third-order valence-corrected chi connectivity index (χ3v) is 4.61. The van der Waals surface area contributed by atoms with Gasteiger partial charge >= 0.3 is 0 Å². The van der Waals surface area contributed by atoms with Crippen molar-refractivity contribution in [3.63, 3.8) is 0 Å². The number of aryl methyl sites for hydroxylation is 1. The maximum absolute atomic E-state index is 13.0. The highest BCUT2D eigenvalue weighted by atomic mass is 32.1. The first-order valence-corrected chi connectivity index (χ1v) is 8.13. The maximum Gasteiger partial charge on any atom is 0.226 e. The van der Waals surface area contributed by atoms with Gasteiger partial charge in [-0.15, -0.1) is 11.3 Å². The fraction of sp³-hybridized carbons (Fsp3) is 0.294. The summed E-state index contributed by atoms with van der Waals surface area (Å²) in [6.45, 7) is 1.95. The maximum atomic E-state index is 13.0. The van der Waals surface area contributed by atoms with Gasteiger partial charge in [0.1, 0.15) is 5.82 Å². The second kappa shape index (κ2) is 6.40. The molecule has 0 saturated carbocycles.